The summed E-state index contributed by atoms with van der Waals surface area (Å²) >= 11 is 5.98. The monoisotopic (exact) mass is 279 g/mol. The van der Waals surface area contributed by atoms with Crippen molar-refractivity contribution in [1.82, 2.24) is 4.98 Å². The molecule has 0 unspecified atom stereocenters. The fourth-order valence-electron chi connectivity index (χ4n) is 2.43. The standard InChI is InChI=1S/C17H10ClNO/c18-12-8-9-15-16(10-12)20-17(19-15)14-7-3-5-11-4-1-2-6-13(11)14/h1-10H. The zero-order valence-corrected chi connectivity index (χ0v) is 11.3. The van der Waals surface area contributed by atoms with Crippen molar-refractivity contribution in [1.29, 1.82) is 0 Å². The molecule has 3 aromatic carbocycles. The molecule has 0 amide bonds. The van der Waals surface area contributed by atoms with Gasteiger partial charge in [-0.1, -0.05) is 48.0 Å². The normalized spacial score (nSPS) is 11.2. The molecule has 0 saturated heterocycles. The van der Waals surface area contributed by atoms with E-state index >= 15 is 0 Å². The lowest BCUT2D eigenvalue weighted by Crippen LogP contribution is -1.80. The first-order valence-corrected chi connectivity index (χ1v) is 6.73. The Labute approximate surface area is 120 Å². The number of oxazole rings is 1. The molecule has 1 heterocycles. The van der Waals surface area contributed by atoms with E-state index in [9.17, 15) is 0 Å². The lowest BCUT2D eigenvalue weighted by Gasteiger charge is -2.01. The SMILES string of the molecule is Clc1ccc2nc(-c3cccc4ccccc34)oc2c1. The fourth-order valence-corrected chi connectivity index (χ4v) is 2.59. The van der Waals surface area contributed by atoms with E-state index in [0.717, 1.165) is 16.5 Å². The molecular formula is C17H10ClNO. The minimum Gasteiger partial charge on any atom is -0.436 e. The summed E-state index contributed by atoms with van der Waals surface area (Å²) in [5, 5.41) is 2.95. The van der Waals surface area contributed by atoms with Crippen LogP contribution in [0.3, 0.4) is 0 Å². The van der Waals surface area contributed by atoms with Crippen LogP contribution in [0.1, 0.15) is 0 Å². The summed E-state index contributed by atoms with van der Waals surface area (Å²) in [5.74, 6) is 0.624. The molecule has 0 bridgehead atoms. The van der Waals surface area contributed by atoms with Gasteiger partial charge < -0.3 is 4.42 Å². The van der Waals surface area contributed by atoms with E-state index in [0.29, 0.717) is 16.5 Å². The first kappa shape index (κ1) is 11.5. The van der Waals surface area contributed by atoms with E-state index in [1.165, 1.54) is 5.39 Å². The van der Waals surface area contributed by atoms with Gasteiger partial charge in [0.2, 0.25) is 5.89 Å². The Balaban J connectivity index is 2.01. The molecule has 0 saturated carbocycles. The Kier molecular flexibility index (Phi) is 2.51. The highest BCUT2D eigenvalue weighted by molar-refractivity contribution is 6.31. The van der Waals surface area contributed by atoms with Crippen LogP contribution in [-0.4, -0.2) is 4.98 Å². The van der Waals surface area contributed by atoms with Crippen molar-refractivity contribution in [3.8, 4) is 11.5 Å². The molecule has 2 nitrogen and oxygen atoms in total. The lowest BCUT2D eigenvalue weighted by atomic mass is 10.0. The largest absolute Gasteiger partial charge is 0.436 e. The Morgan fingerprint density at radius 2 is 1.75 bits per heavy atom. The van der Waals surface area contributed by atoms with Crippen LogP contribution in [0.15, 0.2) is 65.1 Å². The highest BCUT2D eigenvalue weighted by Gasteiger charge is 2.11. The second-order valence-electron chi connectivity index (χ2n) is 4.66. The fraction of sp³-hybridized carbons (Fsp3) is 0. The van der Waals surface area contributed by atoms with Gasteiger partial charge in [0.1, 0.15) is 5.52 Å². The first-order valence-electron chi connectivity index (χ1n) is 6.35. The summed E-state index contributed by atoms with van der Waals surface area (Å²) in [6.45, 7) is 0. The Hall–Kier alpha value is -2.32. The van der Waals surface area contributed by atoms with Crippen molar-refractivity contribution < 1.29 is 4.42 Å². The van der Waals surface area contributed by atoms with Gasteiger partial charge in [0.25, 0.3) is 0 Å². The van der Waals surface area contributed by atoms with Gasteiger partial charge in [-0.15, -0.1) is 0 Å². The van der Waals surface area contributed by atoms with Crippen LogP contribution in [0.5, 0.6) is 0 Å². The number of benzene rings is 3. The van der Waals surface area contributed by atoms with Gasteiger partial charge in [0.15, 0.2) is 5.58 Å². The molecule has 0 aliphatic carbocycles. The zero-order valence-electron chi connectivity index (χ0n) is 10.5. The number of nitrogens with zero attached hydrogens (tertiary/aromatic N) is 1. The molecule has 0 spiro atoms. The second-order valence-corrected chi connectivity index (χ2v) is 5.09. The molecule has 0 atom stereocenters. The number of rotatable bonds is 1. The zero-order chi connectivity index (χ0) is 13.5. The summed E-state index contributed by atoms with van der Waals surface area (Å²) in [5.41, 5.74) is 2.52. The topological polar surface area (TPSA) is 26.0 Å². The maximum Gasteiger partial charge on any atom is 0.227 e. The van der Waals surface area contributed by atoms with Crippen LogP contribution < -0.4 is 0 Å². The van der Waals surface area contributed by atoms with Crippen molar-refractivity contribution in [2.45, 2.75) is 0 Å². The highest BCUT2D eigenvalue weighted by Crippen LogP contribution is 2.31. The molecule has 1 aromatic heterocycles. The van der Waals surface area contributed by atoms with Crippen LogP contribution in [0, 0.1) is 0 Å². The highest BCUT2D eigenvalue weighted by atomic mass is 35.5. The molecule has 0 fully saturated rings. The molecular weight excluding hydrogens is 270 g/mol. The van der Waals surface area contributed by atoms with Gasteiger partial charge in [-0.2, -0.15) is 0 Å². The molecule has 4 rings (SSSR count). The Morgan fingerprint density at radius 3 is 2.70 bits per heavy atom. The van der Waals surface area contributed by atoms with Crippen molar-refractivity contribution in [2.24, 2.45) is 0 Å². The van der Waals surface area contributed by atoms with E-state index in [1.54, 1.807) is 6.07 Å². The van der Waals surface area contributed by atoms with Crippen molar-refractivity contribution >= 4 is 33.5 Å². The van der Waals surface area contributed by atoms with Crippen LogP contribution in [0.4, 0.5) is 0 Å². The quantitative estimate of drug-likeness (QED) is 0.472. The van der Waals surface area contributed by atoms with Crippen LogP contribution in [-0.2, 0) is 0 Å². The van der Waals surface area contributed by atoms with Crippen LogP contribution in [0.25, 0.3) is 33.3 Å². The second kappa shape index (κ2) is 4.36. The minimum absolute atomic E-state index is 0.624. The molecule has 4 aromatic rings. The van der Waals surface area contributed by atoms with Gasteiger partial charge in [0, 0.05) is 16.7 Å². The summed E-state index contributed by atoms with van der Waals surface area (Å²) in [7, 11) is 0. The number of halogens is 1. The van der Waals surface area contributed by atoms with Gasteiger partial charge in [-0.05, 0) is 29.0 Å². The molecule has 96 valence electrons. The van der Waals surface area contributed by atoms with E-state index in [1.807, 2.05) is 36.4 Å². The molecule has 0 aliphatic rings. The third-order valence-electron chi connectivity index (χ3n) is 3.37. The smallest absolute Gasteiger partial charge is 0.227 e. The maximum atomic E-state index is 5.98. The van der Waals surface area contributed by atoms with Crippen LogP contribution >= 0.6 is 11.6 Å². The van der Waals surface area contributed by atoms with E-state index in [4.69, 9.17) is 16.0 Å². The predicted molar refractivity (Wildman–Crippen MR) is 82.0 cm³/mol. The van der Waals surface area contributed by atoms with Crippen molar-refractivity contribution in [3.63, 3.8) is 0 Å². The maximum absolute atomic E-state index is 5.98. The van der Waals surface area contributed by atoms with E-state index in [2.05, 4.69) is 23.2 Å². The van der Waals surface area contributed by atoms with E-state index < -0.39 is 0 Å². The van der Waals surface area contributed by atoms with Crippen molar-refractivity contribution in [3.05, 3.63) is 65.7 Å². The lowest BCUT2D eigenvalue weighted by molar-refractivity contribution is 0.620. The third-order valence-corrected chi connectivity index (χ3v) is 3.61. The number of hydrogen-bond acceptors (Lipinski definition) is 2. The molecule has 0 aliphatic heterocycles. The van der Waals surface area contributed by atoms with Gasteiger partial charge >= 0.3 is 0 Å². The summed E-state index contributed by atoms with van der Waals surface area (Å²) in [6.07, 6.45) is 0. The predicted octanol–water partition coefficient (Wildman–Crippen LogP) is 5.30. The number of aromatic nitrogens is 1. The minimum atomic E-state index is 0.624. The molecule has 0 N–H and O–H groups in total. The molecule has 20 heavy (non-hydrogen) atoms. The number of hydrogen-bond donors (Lipinski definition) is 0. The molecule has 3 heteroatoms. The first-order chi connectivity index (χ1) is 9.81. The summed E-state index contributed by atoms with van der Waals surface area (Å²) in [4.78, 5) is 4.55. The Bertz CT molecular complexity index is 921. The third kappa shape index (κ3) is 1.77. The Morgan fingerprint density at radius 1 is 0.900 bits per heavy atom. The van der Waals surface area contributed by atoms with Gasteiger partial charge in [-0.3, -0.25) is 0 Å². The average Bonchev–Trinajstić information content (AvgIpc) is 2.89. The number of fused-ring (bicyclic) bond motifs is 2. The molecule has 0 radical (unpaired) electrons. The van der Waals surface area contributed by atoms with Gasteiger partial charge in [-0.25, -0.2) is 4.98 Å². The summed E-state index contributed by atoms with van der Waals surface area (Å²) in [6, 6.07) is 19.8. The van der Waals surface area contributed by atoms with Crippen LogP contribution in [0.2, 0.25) is 5.02 Å². The van der Waals surface area contributed by atoms with E-state index in [-0.39, 0.29) is 0 Å². The summed E-state index contributed by atoms with van der Waals surface area (Å²) < 4.78 is 5.85. The van der Waals surface area contributed by atoms with Gasteiger partial charge in [0.05, 0.1) is 0 Å². The average molecular weight is 280 g/mol. The van der Waals surface area contributed by atoms with Crippen molar-refractivity contribution in [2.75, 3.05) is 0 Å².